The van der Waals surface area contributed by atoms with Gasteiger partial charge in [0.1, 0.15) is 13.2 Å². The highest BCUT2D eigenvalue weighted by Gasteiger charge is 2.69. The van der Waals surface area contributed by atoms with E-state index in [1.165, 1.54) is 6.92 Å². The van der Waals surface area contributed by atoms with Crippen LogP contribution in [-0.2, 0) is 9.47 Å². The van der Waals surface area contributed by atoms with Crippen molar-refractivity contribution in [3.05, 3.63) is 0 Å². The Balaban J connectivity index is 5.31. The molecule has 0 aliphatic heterocycles. The minimum Gasteiger partial charge on any atom is -0.375 e. The van der Waals surface area contributed by atoms with Crippen LogP contribution in [0.4, 0.5) is 52.7 Å². The van der Waals surface area contributed by atoms with Crippen molar-refractivity contribution in [2.75, 3.05) is 26.4 Å². The molecule has 32 heavy (non-hydrogen) atoms. The van der Waals surface area contributed by atoms with Gasteiger partial charge in [0.05, 0.1) is 19.3 Å². The first kappa shape index (κ1) is 31.1. The van der Waals surface area contributed by atoms with Crippen LogP contribution < -0.4 is 0 Å². The fraction of sp³-hybridized carbons (Fsp3) is 1.00. The lowest BCUT2D eigenvalue weighted by Crippen LogP contribution is -2.54. The van der Waals surface area contributed by atoms with Crippen LogP contribution in [-0.4, -0.2) is 62.0 Å². The van der Waals surface area contributed by atoms with Crippen molar-refractivity contribution < 1.29 is 62.2 Å². The summed E-state index contributed by atoms with van der Waals surface area (Å²) >= 11 is 0. The van der Waals surface area contributed by atoms with E-state index < -0.39 is 68.0 Å². The molecule has 0 fully saturated rings. The number of hydrogen-bond donors (Lipinski definition) is 0. The Kier molecular flexibility index (Phi) is 11.1. The Morgan fingerprint density at radius 1 is 0.469 bits per heavy atom. The van der Waals surface area contributed by atoms with Gasteiger partial charge < -0.3 is 9.47 Å². The van der Waals surface area contributed by atoms with Gasteiger partial charge >= 0.3 is 23.7 Å². The van der Waals surface area contributed by atoms with Crippen LogP contribution in [0.1, 0.15) is 52.4 Å². The van der Waals surface area contributed by atoms with Gasteiger partial charge in [-0.25, -0.2) is 17.6 Å². The van der Waals surface area contributed by atoms with Gasteiger partial charge in [-0.1, -0.05) is 20.3 Å². The molecule has 0 amide bonds. The molecule has 0 atom stereocenters. The Bertz CT molecular complexity index is 552. The quantitative estimate of drug-likeness (QED) is 0.155. The molecule has 0 aliphatic carbocycles. The van der Waals surface area contributed by atoms with E-state index in [2.05, 4.69) is 9.47 Å². The van der Waals surface area contributed by atoms with Crippen LogP contribution in [0.5, 0.6) is 0 Å². The summed E-state index contributed by atoms with van der Waals surface area (Å²) in [6, 6.07) is 0. The van der Waals surface area contributed by atoms with Crippen molar-refractivity contribution >= 4 is 0 Å². The highest BCUT2D eigenvalue weighted by atomic mass is 19.3. The molecule has 0 N–H and O–H groups in total. The molecule has 0 aromatic carbocycles. The minimum atomic E-state index is -6.07. The third kappa shape index (κ3) is 9.92. The van der Waals surface area contributed by atoms with Crippen molar-refractivity contribution in [2.45, 2.75) is 87.9 Å². The summed E-state index contributed by atoms with van der Waals surface area (Å²) < 4.78 is 172. The van der Waals surface area contributed by atoms with Crippen molar-refractivity contribution in [1.82, 2.24) is 0 Å². The minimum absolute atomic E-state index is 0.179. The first-order valence-corrected chi connectivity index (χ1v) is 9.67. The monoisotopic (exact) mass is 502 g/mol. The van der Waals surface area contributed by atoms with E-state index in [0.29, 0.717) is 6.42 Å². The second-order valence-electron chi connectivity index (χ2n) is 7.52. The summed E-state index contributed by atoms with van der Waals surface area (Å²) in [5.74, 6) is -33.1. The zero-order valence-corrected chi connectivity index (χ0v) is 17.4. The largest absolute Gasteiger partial charge is 0.375 e. The van der Waals surface area contributed by atoms with Crippen molar-refractivity contribution in [3.8, 4) is 0 Å². The topological polar surface area (TPSA) is 18.5 Å². The molecule has 0 unspecified atom stereocenters. The molecule has 194 valence electrons. The standard InChI is InChI=1S/C18H26F12O2/c1-3-5-7-32-12-14(21,22)9-16(25,26)18(29,30)10-17(27,28)15(23,24)8-13(19,20)11-31-6-4-2/h3-12H2,1-2H3. The molecular weight excluding hydrogens is 476 g/mol. The summed E-state index contributed by atoms with van der Waals surface area (Å²) in [4.78, 5) is 0. The first-order valence-electron chi connectivity index (χ1n) is 9.67. The van der Waals surface area contributed by atoms with E-state index in [0.717, 1.165) is 0 Å². The lowest BCUT2D eigenvalue weighted by molar-refractivity contribution is -0.303. The van der Waals surface area contributed by atoms with Crippen LogP contribution >= 0.6 is 0 Å². The highest BCUT2D eigenvalue weighted by Crippen LogP contribution is 2.52. The molecule has 0 saturated heterocycles. The van der Waals surface area contributed by atoms with E-state index in [4.69, 9.17) is 0 Å². The predicted molar refractivity (Wildman–Crippen MR) is 90.4 cm³/mol. The van der Waals surface area contributed by atoms with Crippen LogP contribution in [0.15, 0.2) is 0 Å². The van der Waals surface area contributed by atoms with Gasteiger partial charge in [0.15, 0.2) is 0 Å². The molecule has 0 spiro atoms. The Morgan fingerprint density at radius 2 is 0.812 bits per heavy atom. The smallest absolute Gasteiger partial charge is 0.316 e. The summed E-state index contributed by atoms with van der Waals surface area (Å²) in [5, 5.41) is 0. The number of ether oxygens (including phenoxy) is 2. The second kappa shape index (κ2) is 11.5. The Morgan fingerprint density at radius 3 is 1.16 bits per heavy atom. The maximum atomic E-state index is 13.7. The third-order valence-corrected chi connectivity index (χ3v) is 4.09. The predicted octanol–water partition coefficient (Wildman–Crippen LogP) is 7.21. The van der Waals surface area contributed by atoms with Gasteiger partial charge in [0, 0.05) is 13.2 Å². The van der Waals surface area contributed by atoms with Crippen LogP contribution in [0, 0.1) is 0 Å². The van der Waals surface area contributed by atoms with Gasteiger partial charge in [0.25, 0.3) is 11.8 Å². The number of unbranched alkanes of at least 4 members (excludes halogenated alkanes) is 1. The molecule has 0 aliphatic rings. The molecule has 0 radical (unpaired) electrons. The van der Waals surface area contributed by atoms with Gasteiger partial charge in [0.2, 0.25) is 0 Å². The molecule has 2 nitrogen and oxygen atoms in total. The lowest BCUT2D eigenvalue weighted by Gasteiger charge is -2.35. The summed E-state index contributed by atoms with van der Waals surface area (Å²) in [6.07, 6.45) is -8.66. The fourth-order valence-electron chi connectivity index (χ4n) is 2.38. The van der Waals surface area contributed by atoms with Crippen molar-refractivity contribution in [1.29, 1.82) is 0 Å². The van der Waals surface area contributed by atoms with E-state index in [1.54, 1.807) is 6.92 Å². The SMILES string of the molecule is CCCCOCC(F)(F)CC(F)(F)C(F)(F)CC(F)(F)C(F)(F)CC(F)(F)COCCC. The number of alkyl halides is 12. The Hall–Kier alpha value is -0.920. The van der Waals surface area contributed by atoms with E-state index in [-0.39, 0.29) is 26.1 Å². The van der Waals surface area contributed by atoms with E-state index in [1.807, 2.05) is 0 Å². The number of hydrogen-bond acceptors (Lipinski definition) is 2. The van der Waals surface area contributed by atoms with Gasteiger partial charge in [-0.15, -0.1) is 0 Å². The highest BCUT2D eigenvalue weighted by molar-refractivity contribution is 4.98. The summed E-state index contributed by atoms with van der Waals surface area (Å²) in [7, 11) is 0. The average Bonchev–Trinajstić information content (AvgIpc) is 2.55. The zero-order chi connectivity index (χ0) is 25.5. The maximum Gasteiger partial charge on any atom is 0.316 e. The van der Waals surface area contributed by atoms with Crippen molar-refractivity contribution in [3.63, 3.8) is 0 Å². The molecule has 0 aromatic rings. The fourth-order valence-corrected chi connectivity index (χ4v) is 2.38. The molecule has 0 saturated carbocycles. The zero-order valence-electron chi connectivity index (χ0n) is 17.4. The van der Waals surface area contributed by atoms with E-state index in [9.17, 15) is 52.7 Å². The van der Waals surface area contributed by atoms with Gasteiger partial charge in [-0.05, 0) is 12.8 Å². The van der Waals surface area contributed by atoms with Gasteiger partial charge in [-0.2, -0.15) is 35.1 Å². The molecule has 0 bridgehead atoms. The Labute approximate surface area is 177 Å². The van der Waals surface area contributed by atoms with Crippen LogP contribution in [0.3, 0.4) is 0 Å². The maximum absolute atomic E-state index is 13.7. The molecule has 14 heteroatoms. The average molecular weight is 502 g/mol. The second-order valence-corrected chi connectivity index (χ2v) is 7.52. The molecule has 0 rings (SSSR count). The van der Waals surface area contributed by atoms with Crippen molar-refractivity contribution in [2.24, 2.45) is 0 Å². The lowest BCUT2D eigenvalue weighted by atomic mass is 9.93. The number of rotatable bonds is 17. The summed E-state index contributed by atoms with van der Waals surface area (Å²) in [5.41, 5.74) is 0. The molecule has 0 heterocycles. The normalized spacial score (nSPS) is 14.8. The van der Waals surface area contributed by atoms with Gasteiger partial charge in [-0.3, -0.25) is 0 Å². The van der Waals surface area contributed by atoms with Crippen LogP contribution in [0.2, 0.25) is 0 Å². The van der Waals surface area contributed by atoms with E-state index >= 15 is 0 Å². The molecular formula is C18H26F12O2. The molecule has 0 aromatic heterocycles. The summed E-state index contributed by atoms with van der Waals surface area (Å²) in [6.45, 7) is -1.00. The third-order valence-electron chi connectivity index (χ3n) is 4.09. The number of halogens is 12. The first-order chi connectivity index (χ1) is 14.2. The van der Waals surface area contributed by atoms with Crippen LogP contribution in [0.25, 0.3) is 0 Å².